The second-order valence-corrected chi connectivity index (χ2v) is 14.2. The van der Waals surface area contributed by atoms with Gasteiger partial charge in [-0.05, 0) is 96.5 Å². The van der Waals surface area contributed by atoms with E-state index in [1.165, 1.54) is 23.8 Å². The summed E-state index contributed by atoms with van der Waals surface area (Å²) in [4.78, 5) is 21.9. The van der Waals surface area contributed by atoms with Gasteiger partial charge in [0.15, 0.2) is 0 Å². The summed E-state index contributed by atoms with van der Waals surface area (Å²) in [7, 11) is 0. The zero-order chi connectivity index (χ0) is 37.7. The maximum atomic E-state index is 6.40. The summed E-state index contributed by atoms with van der Waals surface area (Å²) in [6.45, 7) is 8.77. The standard InChI is InChI=1S/C45H40N6O4/c1-29(2)19-31-15-17-47-43(21-31)54-35-9-5-7-33(23-35)52-37-11-13-39-40-14-12-38(26-42(40)51(41(39)25-37)45-49-27-46-28-50-45)53-34-8-6-10-36(24-34)55-44-22-32(16-18-48-44)20-30(3)4/h5-18,21-30H,19-20H2,1-4H3. The molecule has 0 bridgehead atoms. The van der Waals surface area contributed by atoms with E-state index in [-0.39, 0.29) is 0 Å². The number of fused-ring (bicyclic) bond motifs is 3. The van der Waals surface area contributed by atoms with Gasteiger partial charge in [-0.1, -0.05) is 39.8 Å². The van der Waals surface area contributed by atoms with E-state index in [1.54, 1.807) is 12.4 Å². The number of pyridine rings is 2. The van der Waals surface area contributed by atoms with Gasteiger partial charge in [-0.2, -0.15) is 0 Å². The highest BCUT2D eigenvalue weighted by Gasteiger charge is 2.17. The van der Waals surface area contributed by atoms with E-state index in [2.05, 4.69) is 52.6 Å². The first-order valence-electron chi connectivity index (χ1n) is 18.3. The van der Waals surface area contributed by atoms with Crippen molar-refractivity contribution in [1.29, 1.82) is 0 Å². The zero-order valence-corrected chi connectivity index (χ0v) is 31.1. The van der Waals surface area contributed by atoms with Crippen LogP contribution in [0.2, 0.25) is 0 Å². The molecule has 0 atom stereocenters. The van der Waals surface area contributed by atoms with Crippen molar-refractivity contribution in [3.8, 4) is 52.2 Å². The molecule has 0 radical (unpaired) electrons. The molecule has 4 heterocycles. The molecule has 0 aliphatic rings. The fourth-order valence-corrected chi connectivity index (χ4v) is 6.59. The number of nitrogens with zero attached hydrogens (tertiary/aromatic N) is 6. The molecular formula is C45H40N6O4. The Balaban J connectivity index is 1.07. The third-order valence-corrected chi connectivity index (χ3v) is 8.80. The lowest BCUT2D eigenvalue weighted by atomic mass is 10.0. The van der Waals surface area contributed by atoms with E-state index in [0.29, 0.717) is 64.0 Å². The van der Waals surface area contributed by atoms with Gasteiger partial charge in [0.2, 0.25) is 17.7 Å². The zero-order valence-electron chi connectivity index (χ0n) is 31.1. The highest BCUT2D eigenvalue weighted by Crippen LogP contribution is 2.38. The Kier molecular flexibility index (Phi) is 10.0. The smallest absolute Gasteiger partial charge is 0.237 e. The third kappa shape index (κ3) is 8.39. The van der Waals surface area contributed by atoms with E-state index in [9.17, 15) is 0 Å². The van der Waals surface area contributed by atoms with E-state index >= 15 is 0 Å². The van der Waals surface area contributed by atoms with Crippen LogP contribution in [-0.4, -0.2) is 29.5 Å². The lowest BCUT2D eigenvalue weighted by Gasteiger charge is -2.11. The van der Waals surface area contributed by atoms with Crippen LogP contribution in [0.3, 0.4) is 0 Å². The van der Waals surface area contributed by atoms with Gasteiger partial charge in [-0.25, -0.2) is 24.9 Å². The number of hydrogen-bond donors (Lipinski definition) is 0. The van der Waals surface area contributed by atoms with Gasteiger partial charge >= 0.3 is 0 Å². The molecule has 0 N–H and O–H groups in total. The highest BCUT2D eigenvalue weighted by atomic mass is 16.5. The third-order valence-electron chi connectivity index (χ3n) is 8.80. The lowest BCUT2D eigenvalue weighted by Crippen LogP contribution is -2.01. The number of ether oxygens (including phenoxy) is 4. The quantitative estimate of drug-likeness (QED) is 0.115. The Hall–Kier alpha value is -6.81. The minimum Gasteiger partial charge on any atom is -0.457 e. The molecule has 8 aromatic rings. The monoisotopic (exact) mass is 728 g/mol. The number of benzene rings is 4. The molecule has 0 saturated heterocycles. The molecule has 55 heavy (non-hydrogen) atoms. The average molecular weight is 729 g/mol. The molecule has 4 aromatic heterocycles. The largest absolute Gasteiger partial charge is 0.457 e. The number of aromatic nitrogens is 6. The van der Waals surface area contributed by atoms with Crippen molar-refractivity contribution in [2.75, 3.05) is 0 Å². The van der Waals surface area contributed by atoms with Crippen LogP contribution in [0.4, 0.5) is 0 Å². The second kappa shape index (κ2) is 15.7. The minimum absolute atomic E-state index is 0.467. The molecule has 274 valence electrons. The SMILES string of the molecule is CC(C)Cc1ccnc(Oc2cccc(Oc3ccc4c5ccc(Oc6cccc(Oc7cc(CC(C)C)ccn7)c6)cc5n(-c5ncncn5)c4c3)c2)c1. The van der Waals surface area contributed by atoms with Gasteiger partial charge in [-0.15, -0.1) is 0 Å². The second-order valence-electron chi connectivity index (χ2n) is 14.2. The maximum absolute atomic E-state index is 6.40. The molecule has 0 fully saturated rings. The maximum Gasteiger partial charge on any atom is 0.237 e. The first-order chi connectivity index (χ1) is 26.8. The highest BCUT2D eigenvalue weighted by molar-refractivity contribution is 6.09. The van der Waals surface area contributed by atoms with Crippen molar-refractivity contribution in [2.45, 2.75) is 40.5 Å². The van der Waals surface area contributed by atoms with Crippen LogP contribution < -0.4 is 18.9 Å². The van der Waals surface area contributed by atoms with Crippen molar-refractivity contribution in [2.24, 2.45) is 11.8 Å². The van der Waals surface area contributed by atoms with Crippen LogP contribution in [0.25, 0.3) is 27.8 Å². The molecule has 0 spiro atoms. The van der Waals surface area contributed by atoms with Crippen LogP contribution in [0, 0.1) is 11.8 Å². The number of hydrogen-bond acceptors (Lipinski definition) is 9. The summed E-state index contributed by atoms with van der Waals surface area (Å²) in [6.07, 6.45) is 8.44. The van der Waals surface area contributed by atoms with Crippen molar-refractivity contribution < 1.29 is 18.9 Å². The molecule has 0 saturated carbocycles. The van der Waals surface area contributed by atoms with Gasteiger partial charge in [0.1, 0.15) is 47.2 Å². The summed E-state index contributed by atoms with van der Waals surface area (Å²) in [5.74, 6) is 6.41. The fraction of sp³-hybridized carbons (Fsp3) is 0.178. The fourth-order valence-electron chi connectivity index (χ4n) is 6.59. The lowest BCUT2D eigenvalue weighted by molar-refractivity contribution is 0.447. The average Bonchev–Trinajstić information content (AvgIpc) is 3.48. The van der Waals surface area contributed by atoms with Crippen LogP contribution in [0.15, 0.2) is 134 Å². The Bertz CT molecular complexity index is 2430. The first kappa shape index (κ1) is 35.2. The molecule has 0 amide bonds. The predicted molar refractivity (Wildman–Crippen MR) is 213 cm³/mol. The minimum atomic E-state index is 0.467. The van der Waals surface area contributed by atoms with Gasteiger partial charge in [0, 0.05) is 59.6 Å². The normalized spacial score (nSPS) is 11.4. The first-order valence-corrected chi connectivity index (χ1v) is 18.3. The summed E-state index contributed by atoms with van der Waals surface area (Å²) in [5.41, 5.74) is 4.08. The molecule has 4 aromatic carbocycles. The predicted octanol–water partition coefficient (Wildman–Crippen LogP) is 11.3. The van der Waals surface area contributed by atoms with E-state index in [0.717, 1.165) is 34.6 Å². The van der Waals surface area contributed by atoms with Crippen molar-refractivity contribution in [3.05, 3.63) is 145 Å². The van der Waals surface area contributed by atoms with Crippen molar-refractivity contribution in [3.63, 3.8) is 0 Å². The molecule has 8 rings (SSSR count). The van der Waals surface area contributed by atoms with E-state index in [1.807, 2.05) is 114 Å². The topological polar surface area (TPSA) is 106 Å². The van der Waals surface area contributed by atoms with E-state index < -0.39 is 0 Å². The Morgan fingerprint density at radius 2 is 0.909 bits per heavy atom. The molecular weight excluding hydrogens is 689 g/mol. The van der Waals surface area contributed by atoms with Crippen LogP contribution in [0.1, 0.15) is 38.8 Å². The van der Waals surface area contributed by atoms with Gasteiger partial charge in [0.05, 0.1) is 11.0 Å². The summed E-state index contributed by atoms with van der Waals surface area (Å²) in [5, 5.41) is 2.00. The summed E-state index contributed by atoms with van der Waals surface area (Å²) < 4.78 is 27.0. The molecule has 10 heteroatoms. The van der Waals surface area contributed by atoms with E-state index in [4.69, 9.17) is 18.9 Å². The van der Waals surface area contributed by atoms with Gasteiger partial charge in [0.25, 0.3) is 0 Å². The van der Waals surface area contributed by atoms with Gasteiger partial charge < -0.3 is 18.9 Å². The van der Waals surface area contributed by atoms with Gasteiger partial charge in [-0.3, -0.25) is 4.57 Å². The Labute approximate surface area is 319 Å². The van der Waals surface area contributed by atoms with Crippen molar-refractivity contribution in [1.82, 2.24) is 29.5 Å². The van der Waals surface area contributed by atoms with Crippen LogP contribution >= 0.6 is 0 Å². The molecule has 0 aliphatic heterocycles. The Morgan fingerprint density at radius 3 is 1.36 bits per heavy atom. The summed E-state index contributed by atoms with van der Waals surface area (Å²) >= 11 is 0. The van der Waals surface area contributed by atoms with Crippen LogP contribution in [-0.2, 0) is 12.8 Å². The molecule has 10 nitrogen and oxygen atoms in total. The number of rotatable bonds is 13. The Morgan fingerprint density at radius 1 is 0.473 bits per heavy atom. The van der Waals surface area contributed by atoms with Crippen molar-refractivity contribution >= 4 is 21.8 Å². The summed E-state index contributed by atoms with van der Waals surface area (Å²) in [6, 6.07) is 35.0. The molecule has 0 unspecified atom stereocenters. The van der Waals surface area contributed by atoms with Crippen LogP contribution in [0.5, 0.6) is 46.3 Å². The molecule has 0 aliphatic carbocycles.